The molecule has 0 saturated heterocycles. The molecule has 0 aliphatic heterocycles. The Morgan fingerprint density at radius 1 is 1.29 bits per heavy atom. The fraction of sp³-hybridized carbons (Fsp3) is 0.538. The lowest BCUT2D eigenvalue weighted by molar-refractivity contribution is 0.467. The minimum absolute atomic E-state index is 0.365. The molecule has 1 fully saturated rings. The first-order valence-corrected chi connectivity index (χ1v) is 5.53. The molecule has 76 valence electrons. The van der Waals surface area contributed by atoms with Gasteiger partial charge in [0, 0.05) is 0 Å². The number of hydrogen-bond donors (Lipinski definition) is 1. The third-order valence-corrected chi connectivity index (χ3v) is 3.25. The van der Waals surface area contributed by atoms with E-state index < -0.39 is 0 Å². The van der Waals surface area contributed by atoms with E-state index in [1.165, 1.54) is 24.8 Å². The number of benzene rings is 1. The Morgan fingerprint density at radius 2 is 1.93 bits per heavy atom. The van der Waals surface area contributed by atoms with Crippen molar-refractivity contribution in [2.24, 2.45) is 11.8 Å². The molecule has 1 aliphatic rings. The summed E-state index contributed by atoms with van der Waals surface area (Å²) in [6.07, 6.45) is 5.32. The monoisotopic (exact) mass is 190 g/mol. The van der Waals surface area contributed by atoms with E-state index in [0.29, 0.717) is 5.75 Å². The highest BCUT2D eigenvalue weighted by molar-refractivity contribution is 5.25. The van der Waals surface area contributed by atoms with Gasteiger partial charge in [-0.3, -0.25) is 0 Å². The number of aromatic hydroxyl groups is 1. The molecule has 1 atom stereocenters. The van der Waals surface area contributed by atoms with Crippen LogP contribution < -0.4 is 0 Å². The number of aryl methyl sites for hydroxylation is 1. The van der Waals surface area contributed by atoms with Crippen LogP contribution in [0.25, 0.3) is 0 Å². The van der Waals surface area contributed by atoms with Gasteiger partial charge in [-0.1, -0.05) is 19.1 Å². The molecule has 1 unspecified atom stereocenters. The van der Waals surface area contributed by atoms with Gasteiger partial charge in [-0.2, -0.15) is 0 Å². The Labute approximate surface area is 85.8 Å². The molecule has 1 nitrogen and oxygen atoms in total. The summed E-state index contributed by atoms with van der Waals surface area (Å²) in [7, 11) is 0. The predicted molar refractivity (Wildman–Crippen MR) is 58.3 cm³/mol. The molecule has 2 rings (SSSR count). The van der Waals surface area contributed by atoms with Crippen LogP contribution in [0.1, 0.15) is 31.7 Å². The number of phenols is 1. The maximum absolute atomic E-state index is 9.13. The van der Waals surface area contributed by atoms with Crippen molar-refractivity contribution >= 4 is 0 Å². The molecular formula is C13H18O. The summed E-state index contributed by atoms with van der Waals surface area (Å²) in [5.74, 6) is 2.25. The highest BCUT2D eigenvalue weighted by Gasteiger charge is 2.27. The maximum Gasteiger partial charge on any atom is 0.115 e. The lowest BCUT2D eigenvalue weighted by Gasteiger charge is -2.09. The summed E-state index contributed by atoms with van der Waals surface area (Å²) in [4.78, 5) is 0. The molecule has 1 aliphatic carbocycles. The lowest BCUT2D eigenvalue weighted by Crippen LogP contribution is -1.99. The van der Waals surface area contributed by atoms with Crippen LogP contribution in [0.5, 0.6) is 5.75 Å². The standard InChI is InChI=1S/C13H18O/c1-10(12-6-7-12)2-3-11-4-8-13(14)9-5-11/h4-5,8-10,12,14H,2-3,6-7H2,1H3. The first-order valence-electron chi connectivity index (χ1n) is 5.53. The summed E-state index contributed by atoms with van der Waals surface area (Å²) in [6.45, 7) is 2.36. The minimum Gasteiger partial charge on any atom is -0.508 e. The fourth-order valence-electron chi connectivity index (χ4n) is 1.96. The average Bonchev–Trinajstić information content (AvgIpc) is 3.00. The van der Waals surface area contributed by atoms with Crippen molar-refractivity contribution in [2.45, 2.75) is 32.6 Å². The molecule has 0 spiro atoms. The van der Waals surface area contributed by atoms with Gasteiger partial charge in [-0.15, -0.1) is 0 Å². The summed E-state index contributed by atoms with van der Waals surface area (Å²) < 4.78 is 0. The van der Waals surface area contributed by atoms with E-state index in [-0.39, 0.29) is 0 Å². The van der Waals surface area contributed by atoms with Gasteiger partial charge in [0.1, 0.15) is 5.75 Å². The van der Waals surface area contributed by atoms with Gasteiger partial charge in [0.05, 0.1) is 0 Å². The van der Waals surface area contributed by atoms with Gasteiger partial charge in [0.25, 0.3) is 0 Å². The van der Waals surface area contributed by atoms with Crippen LogP contribution in [-0.4, -0.2) is 5.11 Å². The van der Waals surface area contributed by atoms with E-state index in [0.717, 1.165) is 18.3 Å². The normalized spacial score (nSPS) is 18.1. The largest absolute Gasteiger partial charge is 0.508 e. The Balaban J connectivity index is 1.82. The number of phenolic OH excluding ortho intramolecular Hbond substituents is 1. The van der Waals surface area contributed by atoms with Crippen LogP contribution in [0, 0.1) is 11.8 Å². The zero-order chi connectivity index (χ0) is 9.97. The third-order valence-electron chi connectivity index (χ3n) is 3.25. The Bertz CT molecular complexity index is 285. The maximum atomic E-state index is 9.13. The van der Waals surface area contributed by atoms with Crippen LogP contribution in [0.2, 0.25) is 0 Å². The minimum atomic E-state index is 0.365. The third kappa shape index (κ3) is 2.50. The average molecular weight is 190 g/mol. The number of hydrogen-bond acceptors (Lipinski definition) is 1. The predicted octanol–water partition coefficient (Wildman–Crippen LogP) is 3.37. The topological polar surface area (TPSA) is 20.2 Å². The van der Waals surface area contributed by atoms with Crippen molar-refractivity contribution in [3.05, 3.63) is 29.8 Å². The molecule has 0 radical (unpaired) electrons. The summed E-state index contributed by atoms with van der Waals surface area (Å²) >= 11 is 0. The number of rotatable bonds is 4. The van der Waals surface area contributed by atoms with E-state index in [1.807, 2.05) is 12.1 Å². The van der Waals surface area contributed by atoms with Crippen LogP contribution in [0.15, 0.2) is 24.3 Å². The Hall–Kier alpha value is -0.980. The van der Waals surface area contributed by atoms with E-state index in [9.17, 15) is 0 Å². The quantitative estimate of drug-likeness (QED) is 0.771. The van der Waals surface area contributed by atoms with Crippen molar-refractivity contribution in [2.75, 3.05) is 0 Å². The van der Waals surface area contributed by atoms with Crippen LogP contribution >= 0.6 is 0 Å². The smallest absolute Gasteiger partial charge is 0.115 e. The molecule has 14 heavy (non-hydrogen) atoms. The summed E-state index contributed by atoms with van der Waals surface area (Å²) in [6, 6.07) is 7.60. The molecule has 0 bridgehead atoms. The molecule has 0 heterocycles. The molecule has 1 aromatic rings. The molecule has 1 N–H and O–H groups in total. The molecule has 0 amide bonds. The second kappa shape index (κ2) is 4.04. The van der Waals surface area contributed by atoms with Crippen LogP contribution in [0.3, 0.4) is 0 Å². The summed E-state index contributed by atoms with van der Waals surface area (Å²) in [5.41, 5.74) is 1.34. The second-order valence-electron chi connectivity index (χ2n) is 4.52. The van der Waals surface area contributed by atoms with Gasteiger partial charge < -0.3 is 5.11 Å². The van der Waals surface area contributed by atoms with E-state index >= 15 is 0 Å². The Morgan fingerprint density at radius 3 is 2.50 bits per heavy atom. The first kappa shape index (κ1) is 9.57. The van der Waals surface area contributed by atoms with E-state index in [4.69, 9.17) is 5.11 Å². The molecule has 1 heteroatoms. The van der Waals surface area contributed by atoms with Gasteiger partial charge in [0.15, 0.2) is 0 Å². The van der Waals surface area contributed by atoms with E-state index in [2.05, 4.69) is 6.92 Å². The molecular weight excluding hydrogens is 172 g/mol. The van der Waals surface area contributed by atoms with Crippen molar-refractivity contribution < 1.29 is 5.11 Å². The van der Waals surface area contributed by atoms with Crippen molar-refractivity contribution in [1.82, 2.24) is 0 Å². The molecule has 1 aromatic carbocycles. The van der Waals surface area contributed by atoms with Gasteiger partial charge in [-0.05, 0) is 55.2 Å². The molecule has 1 saturated carbocycles. The molecule has 0 aromatic heterocycles. The van der Waals surface area contributed by atoms with Gasteiger partial charge >= 0.3 is 0 Å². The van der Waals surface area contributed by atoms with Crippen LogP contribution in [0.4, 0.5) is 0 Å². The highest BCUT2D eigenvalue weighted by Crippen LogP contribution is 2.38. The van der Waals surface area contributed by atoms with Gasteiger partial charge in [0.2, 0.25) is 0 Å². The SMILES string of the molecule is CC(CCc1ccc(O)cc1)C1CC1. The van der Waals surface area contributed by atoms with Gasteiger partial charge in [-0.25, -0.2) is 0 Å². The zero-order valence-electron chi connectivity index (χ0n) is 8.74. The second-order valence-corrected chi connectivity index (χ2v) is 4.52. The van der Waals surface area contributed by atoms with Crippen molar-refractivity contribution in [3.8, 4) is 5.75 Å². The van der Waals surface area contributed by atoms with E-state index in [1.54, 1.807) is 12.1 Å². The van der Waals surface area contributed by atoms with Crippen LogP contribution in [-0.2, 0) is 6.42 Å². The van der Waals surface area contributed by atoms with Crippen molar-refractivity contribution in [3.63, 3.8) is 0 Å². The summed E-state index contributed by atoms with van der Waals surface area (Å²) in [5, 5.41) is 9.13. The van der Waals surface area contributed by atoms with Crippen molar-refractivity contribution in [1.29, 1.82) is 0 Å². The first-order chi connectivity index (χ1) is 6.75. The lowest BCUT2D eigenvalue weighted by atomic mass is 9.97. The Kier molecular flexibility index (Phi) is 2.76. The zero-order valence-corrected chi connectivity index (χ0v) is 8.74. The fourth-order valence-corrected chi connectivity index (χ4v) is 1.96. The highest BCUT2D eigenvalue weighted by atomic mass is 16.3.